The molecular weight excluding hydrogens is 263 g/mol. The molecule has 0 saturated heterocycles. The SMILES string of the molecule is Cc1c2cnccc2c(C)c2c1c1ccc(F)cc1n2C. The van der Waals surface area contributed by atoms with Crippen LogP contribution in [0.15, 0.2) is 36.7 Å². The molecule has 4 aromatic rings. The molecule has 2 aromatic heterocycles. The largest absolute Gasteiger partial charge is 0.343 e. The van der Waals surface area contributed by atoms with Gasteiger partial charge in [0.2, 0.25) is 0 Å². The van der Waals surface area contributed by atoms with Crippen molar-refractivity contribution >= 4 is 32.6 Å². The van der Waals surface area contributed by atoms with Crippen LogP contribution in [0.2, 0.25) is 0 Å². The summed E-state index contributed by atoms with van der Waals surface area (Å²) < 4.78 is 15.7. The highest BCUT2D eigenvalue weighted by atomic mass is 19.1. The first kappa shape index (κ1) is 12.3. The lowest BCUT2D eigenvalue weighted by Crippen LogP contribution is -1.92. The van der Waals surface area contributed by atoms with E-state index in [9.17, 15) is 4.39 Å². The number of fused-ring (bicyclic) bond motifs is 4. The molecule has 0 unspecified atom stereocenters. The van der Waals surface area contributed by atoms with Gasteiger partial charge in [-0.25, -0.2) is 4.39 Å². The summed E-state index contributed by atoms with van der Waals surface area (Å²) >= 11 is 0. The second-order valence-corrected chi connectivity index (χ2v) is 5.62. The zero-order chi connectivity index (χ0) is 14.7. The molecule has 0 saturated carbocycles. The highest BCUT2D eigenvalue weighted by Crippen LogP contribution is 2.37. The second kappa shape index (κ2) is 4.04. The lowest BCUT2D eigenvalue weighted by Gasteiger charge is -2.10. The number of hydrogen-bond donors (Lipinski definition) is 0. The Labute approximate surface area is 121 Å². The average Bonchev–Trinajstić information content (AvgIpc) is 2.78. The average molecular weight is 278 g/mol. The summed E-state index contributed by atoms with van der Waals surface area (Å²) in [5.74, 6) is -0.199. The maximum Gasteiger partial charge on any atom is 0.125 e. The third kappa shape index (κ3) is 1.49. The van der Waals surface area contributed by atoms with Crippen LogP contribution >= 0.6 is 0 Å². The van der Waals surface area contributed by atoms with E-state index >= 15 is 0 Å². The van der Waals surface area contributed by atoms with Crippen LogP contribution in [0, 0.1) is 19.7 Å². The van der Waals surface area contributed by atoms with Crippen LogP contribution in [0.1, 0.15) is 11.1 Å². The quantitative estimate of drug-likeness (QED) is 0.458. The molecule has 2 aromatic carbocycles. The van der Waals surface area contributed by atoms with Crippen LogP contribution in [-0.4, -0.2) is 9.55 Å². The molecule has 3 heteroatoms. The van der Waals surface area contributed by atoms with E-state index in [1.165, 1.54) is 38.9 Å². The highest BCUT2D eigenvalue weighted by molar-refractivity contribution is 6.16. The molecule has 0 atom stereocenters. The molecule has 0 fully saturated rings. The summed E-state index contributed by atoms with van der Waals surface area (Å²) in [7, 11) is 2.00. The Balaban J connectivity index is 2.40. The van der Waals surface area contributed by atoms with Crippen molar-refractivity contribution in [3.63, 3.8) is 0 Å². The van der Waals surface area contributed by atoms with E-state index in [1.54, 1.807) is 6.07 Å². The number of halogens is 1. The van der Waals surface area contributed by atoms with E-state index in [2.05, 4.69) is 29.5 Å². The summed E-state index contributed by atoms with van der Waals surface area (Å²) in [5, 5.41) is 4.67. The van der Waals surface area contributed by atoms with Gasteiger partial charge in [0.1, 0.15) is 5.82 Å². The fourth-order valence-electron chi connectivity index (χ4n) is 3.51. The summed E-state index contributed by atoms with van der Waals surface area (Å²) in [6.07, 6.45) is 3.74. The summed E-state index contributed by atoms with van der Waals surface area (Å²) in [4.78, 5) is 4.26. The van der Waals surface area contributed by atoms with Crippen molar-refractivity contribution in [1.82, 2.24) is 9.55 Å². The van der Waals surface area contributed by atoms with Gasteiger partial charge in [0.25, 0.3) is 0 Å². The predicted molar refractivity (Wildman–Crippen MR) is 85.2 cm³/mol. The molecule has 2 nitrogen and oxygen atoms in total. The number of aryl methyl sites for hydroxylation is 3. The van der Waals surface area contributed by atoms with Crippen molar-refractivity contribution in [2.24, 2.45) is 7.05 Å². The van der Waals surface area contributed by atoms with E-state index in [-0.39, 0.29) is 5.82 Å². The number of pyridine rings is 1. The molecule has 0 amide bonds. The minimum absolute atomic E-state index is 0.199. The van der Waals surface area contributed by atoms with Gasteiger partial charge in [-0.3, -0.25) is 4.98 Å². The number of hydrogen-bond acceptors (Lipinski definition) is 1. The van der Waals surface area contributed by atoms with Crippen molar-refractivity contribution in [3.05, 3.63) is 53.6 Å². The van der Waals surface area contributed by atoms with E-state index in [1.807, 2.05) is 25.5 Å². The smallest absolute Gasteiger partial charge is 0.125 e. The third-order valence-electron chi connectivity index (χ3n) is 4.52. The van der Waals surface area contributed by atoms with Gasteiger partial charge in [-0.1, -0.05) is 0 Å². The second-order valence-electron chi connectivity index (χ2n) is 5.62. The maximum atomic E-state index is 13.6. The molecule has 4 rings (SSSR count). The van der Waals surface area contributed by atoms with E-state index < -0.39 is 0 Å². The summed E-state index contributed by atoms with van der Waals surface area (Å²) in [6.45, 7) is 4.24. The molecule has 0 aliphatic carbocycles. The molecule has 2 heterocycles. The monoisotopic (exact) mass is 278 g/mol. The minimum Gasteiger partial charge on any atom is -0.343 e. The molecular formula is C18H15FN2. The zero-order valence-electron chi connectivity index (χ0n) is 12.2. The van der Waals surface area contributed by atoms with Crippen molar-refractivity contribution in [1.29, 1.82) is 0 Å². The van der Waals surface area contributed by atoms with Crippen molar-refractivity contribution < 1.29 is 4.39 Å². The van der Waals surface area contributed by atoms with Crippen LogP contribution in [0.3, 0.4) is 0 Å². The number of nitrogens with zero attached hydrogens (tertiary/aromatic N) is 2. The van der Waals surface area contributed by atoms with Crippen molar-refractivity contribution in [2.45, 2.75) is 13.8 Å². The third-order valence-corrected chi connectivity index (χ3v) is 4.52. The first-order valence-corrected chi connectivity index (χ1v) is 7.00. The van der Waals surface area contributed by atoms with Gasteiger partial charge in [-0.15, -0.1) is 0 Å². The maximum absolute atomic E-state index is 13.6. The Morgan fingerprint density at radius 1 is 1.00 bits per heavy atom. The lowest BCUT2D eigenvalue weighted by molar-refractivity contribution is 0.629. The van der Waals surface area contributed by atoms with Crippen LogP contribution in [0.25, 0.3) is 32.6 Å². The Kier molecular flexibility index (Phi) is 2.37. The highest BCUT2D eigenvalue weighted by Gasteiger charge is 2.16. The topological polar surface area (TPSA) is 17.8 Å². The van der Waals surface area contributed by atoms with Crippen LogP contribution in [0.4, 0.5) is 4.39 Å². The Morgan fingerprint density at radius 2 is 1.81 bits per heavy atom. The molecule has 0 radical (unpaired) electrons. The van der Waals surface area contributed by atoms with Gasteiger partial charge in [-0.05, 0) is 54.6 Å². The molecule has 0 bridgehead atoms. The van der Waals surface area contributed by atoms with Gasteiger partial charge < -0.3 is 4.57 Å². The van der Waals surface area contributed by atoms with Gasteiger partial charge >= 0.3 is 0 Å². The normalized spacial score (nSPS) is 11.8. The fourth-order valence-corrected chi connectivity index (χ4v) is 3.51. The van der Waals surface area contributed by atoms with Gasteiger partial charge in [-0.2, -0.15) is 0 Å². The summed E-state index contributed by atoms with van der Waals surface area (Å²) in [5.41, 5.74) is 4.52. The number of rotatable bonds is 0. The summed E-state index contributed by atoms with van der Waals surface area (Å²) in [6, 6.07) is 7.07. The van der Waals surface area contributed by atoms with Gasteiger partial charge in [0.05, 0.1) is 11.0 Å². The van der Waals surface area contributed by atoms with E-state index in [0.717, 1.165) is 10.9 Å². The predicted octanol–water partition coefficient (Wildman–Crippen LogP) is 4.64. The first-order valence-electron chi connectivity index (χ1n) is 7.00. The zero-order valence-corrected chi connectivity index (χ0v) is 12.2. The molecule has 0 aliphatic heterocycles. The Hall–Kier alpha value is -2.42. The standard InChI is InChI=1S/C18H15FN2/c1-10-15-9-20-7-6-13(15)11(2)18-17(10)14-5-4-12(19)8-16(14)21(18)3/h4-9H,1-3H3. The lowest BCUT2D eigenvalue weighted by atomic mass is 9.97. The Morgan fingerprint density at radius 3 is 2.62 bits per heavy atom. The Bertz CT molecular complexity index is 1030. The van der Waals surface area contributed by atoms with Crippen LogP contribution in [0.5, 0.6) is 0 Å². The molecule has 21 heavy (non-hydrogen) atoms. The van der Waals surface area contributed by atoms with E-state index in [4.69, 9.17) is 0 Å². The molecule has 0 aliphatic rings. The molecule has 0 N–H and O–H groups in total. The fraction of sp³-hybridized carbons (Fsp3) is 0.167. The van der Waals surface area contributed by atoms with Gasteiger partial charge in [0.15, 0.2) is 0 Å². The molecule has 0 spiro atoms. The van der Waals surface area contributed by atoms with Crippen molar-refractivity contribution in [2.75, 3.05) is 0 Å². The minimum atomic E-state index is -0.199. The molecule has 104 valence electrons. The van der Waals surface area contributed by atoms with Gasteiger partial charge in [0, 0.05) is 35.6 Å². The van der Waals surface area contributed by atoms with Crippen LogP contribution < -0.4 is 0 Å². The number of benzene rings is 2. The first-order chi connectivity index (χ1) is 10.1. The number of aromatic nitrogens is 2. The van der Waals surface area contributed by atoms with E-state index in [0.29, 0.717) is 0 Å². The van der Waals surface area contributed by atoms with Crippen LogP contribution in [-0.2, 0) is 7.05 Å². The van der Waals surface area contributed by atoms with Crippen molar-refractivity contribution in [3.8, 4) is 0 Å².